The maximum Gasteiger partial charge on any atom is 0.333 e. The highest BCUT2D eigenvalue weighted by molar-refractivity contribution is 9.10. The molecule has 0 saturated carbocycles. The molecule has 0 aliphatic rings. The quantitative estimate of drug-likeness (QED) is 0.744. The Hall–Kier alpha value is -1.75. The van der Waals surface area contributed by atoms with Gasteiger partial charge in [-0.3, -0.25) is 0 Å². The number of benzene rings is 1. The van der Waals surface area contributed by atoms with Crippen LogP contribution in [-0.4, -0.2) is 9.55 Å². The van der Waals surface area contributed by atoms with Crippen LogP contribution in [0.4, 0.5) is 0 Å². The van der Waals surface area contributed by atoms with Gasteiger partial charge in [-0.25, -0.2) is 9.36 Å². The van der Waals surface area contributed by atoms with Crippen molar-refractivity contribution in [1.82, 2.24) is 9.55 Å². The van der Waals surface area contributed by atoms with E-state index in [1.54, 1.807) is 12.1 Å². The van der Waals surface area contributed by atoms with Gasteiger partial charge in [-0.05, 0) is 34.1 Å². The van der Waals surface area contributed by atoms with Gasteiger partial charge in [-0.2, -0.15) is 0 Å². The minimum Gasteiger partial charge on any atom is -0.448 e. The largest absolute Gasteiger partial charge is 0.448 e. The zero-order chi connectivity index (χ0) is 11.1. The lowest BCUT2D eigenvalue weighted by atomic mass is 10.3. The van der Waals surface area contributed by atoms with Crippen LogP contribution >= 0.6 is 15.9 Å². The average molecular weight is 279 g/mol. The van der Waals surface area contributed by atoms with Crippen LogP contribution in [0.3, 0.4) is 0 Å². The first-order valence-electron chi connectivity index (χ1n) is 4.70. The molecule has 2 aromatic heterocycles. The van der Waals surface area contributed by atoms with E-state index in [1.165, 1.54) is 10.8 Å². The van der Waals surface area contributed by atoms with Crippen LogP contribution in [0.1, 0.15) is 0 Å². The summed E-state index contributed by atoms with van der Waals surface area (Å²) in [4.78, 5) is 14.6. The van der Waals surface area contributed by atoms with Crippen LogP contribution in [-0.2, 0) is 0 Å². The molecule has 0 saturated heterocycles. The van der Waals surface area contributed by atoms with E-state index in [-0.39, 0.29) is 5.69 Å². The topological polar surface area (TPSA) is 50.9 Å². The molecule has 0 spiro atoms. The molecule has 80 valence electrons. The van der Waals surface area contributed by atoms with Gasteiger partial charge < -0.3 is 9.40 Å². The Morgan fingerprint density at radius 2 is 2.12 bits per heavy atom. The number of aromatic amines is 1. The van der Waals surface area contributed by atoms with E-state index in [0.29, 0.717) is 5.88 Å². The zero-order valence-electron chi connectivity index (χ0n) is 8.11. The molecular weight excluding hydrogens is 272 g/mol. The number of rotatable bonds is 1. The van der Waals surface area contributed by atoms with Gasteiger partial charge in [0, 0.05) is 10.5 Å². The van der Waals surface area contributed by atoms with Crippen LogP contribution < -0.4 is 5.69 Å². The molecule has 0 aliphatic carbocycles. The second kappa shape index (κ2) is 3.38. The number of imidazole rings is 1. The monoisotopic (exact) mass is 278 g/mol. The SMILES string of the molecule is O=c1[nH]c2cccc(Br)c2n1-c1ccco1. The van der Waals surface area contributed by atoms with Crippen molar-refractivity contribution in [2.24, 2.45) is 0 Å². The van der Waals surface area contributed by atoms with E-state index in [1.807, 2.05) is 18.2 Å². The lowest BCUT2D eigenvalue weighted by Gasteiger charge is -1.99. The third-order valence-electron chi connectivity index (χ3n) is 2.38. The molecule has 16 heavy (non-hydrogen) atoms. The maximum atomic E-state index is 11.8. The number of H-pyrrole nitrogens is 1. The van der Waals surface area contributed by atoms with Gasteiger partial charge in [0.1, 0.15) is 0 Å². The number of nitrogens with one attached hydrogen (secondary N) is 1. The highest BCUT2D eigenvalue weighted by atomic mass is 79.9. The van der Waals surface area contributed by atoms with Crippen molar-refractivity contribution in [3.63, 3.8) is 0 Å². The summed E-state index contributed by atoms with van der Waals surface area (Å²) in [6.45, 7) is 0. The summed E-state index contributed by atoms with van der Waals surface area (Å²) in [6.07, 6.45) is 1.54. The molecule has 1 aromatic carbocycles. The van der Waals surface area contributed by atoms with Gasteiger partial charge in [-0.1, -0.05) is 6.07 Å². The minimum atomic E-state index is -0.211. The predicted molar refractivity (Wildman–Crippen MR) is 63.9 cm³/mol. The Morgan fingerprint density at radius 1 is 1.25 bits per heavy atom. The summed E-state index contributed by atoms with van der Waals surface area (Å²) in [5.74, 6) is 0.503. The predicted octanol–water partition coefficient (Wildman–Crippen LogP) is 2.67. The molecule has 1 N–H and O–H groups in total. The van der Waals surface area contributed by atoms with Gasteiger partial charge >= 0.3 is 5.69 Å². The standard InChI is InChI=1S/C11H7BrN2O2/c12-7-3-1-4-8-10(7)14(11(15)13-8)9-5-2-6-16-9/h1-6H,(H,13,15). The number of nitrogens with zero attached hydrogens (tertiary/aromatic N) is 1. The fraction of sp³-hybridized carbons (Fsp3) is 0. The molecular formula is C11H7BrN2O2. The van der Waals surface area contributed by atoms with Gasteiger partial charge in [-0.15, -0.1) is 0 Å². The molecule has 3 rings (SSSR count). The number of para-hydroxylation sites is 1. The van der Waals surface area contributed by atoms with Crippen molar-refractivity contribution >= 4 is 27.0 Å². The molecule has 0 amide bonds. The summed E-state index contributed by atoms with van der Waals surface area (Å²) in [5.41, 5.74) is 1.34. The van der Waals surface area contributed by atoms with Gasteiger partial charge in [0.05, 0.1) is 17.3 Å². The summed E-state index contributed by atoms with van der Waals surface area (Å²) < 4.78 is 7.59. The van der Waals surface area contributed by atoms with Crippen molar-refractivity contribution in [2.75, 3.05) is 0 Å². The number of halogens is 1. The van der Waals surface area contributed by atoms with Crippen LogP contribution in [0, 0.1) is 0 Å². The number of fused-ring (bicyclic) bond motifs is 1. The van der Waals surface area contributed by atoms with E-state index < -0.39 is 0 Å². The maximum absolute atomic E-state index is 11.8. The fourth-order valence-corrected chi connectivity index (χ4v) is 2.27. The molecule has 3 aromatic rings. The number of furan rings is 1. The smallest absolute Gasteiger partial charge is 0.333 e. The second-order valence-corrected chi connectivity index (χ2v) is 4.21. The third-order valence-corrected chi connectivity index (χ3v) is 3.02. The van der Waals surface area contributed by atoms with E-state index >= 15 is 0 Å². The molecule has 4 nitrogen and oxygen atoms in total. The molecule has 0 bridgehead atoms. The molecule has 0 radical (unpaired) electrons. The highest BCUT2D eigenvalue weighted by Crippen LogP contribution is 2.23. The molecule has 5 heteroatoms. The third kappa shape index (κ3) is 1.25. The van der Waals surface area contributed by atoms with Crippen LogP contribution in [0.5, 0.6) is 0 Å². The average Bonchev–Trinajstić information content (AvgIpc) is 2.84. The lowest BCUT2D eigenvalue weighted by molar-refractivity contribution is 0.538. The van der Waals surface area contributed by atoms with Crippen molar-refractivity contribution in [3.05, 3.63) is 51.6 Å². The first-order valence-corrected chi connectivity index (χ1v) is 5.50. The minimum absolute atomic E-state index is 0.211. The summed E-state index contributed by atoms with van der Waals surface area (Å²) in [5, 5.41) is 0. The Kier molecular flexibility index (Phi) is 2.00. The second-order valence-electron chi connectivity index (χ2n) is 3.35. The van der Waals surface area contributed by atoms with Crippen molar-refractivity contribution in [1.29, 1.82) is 0 Å². The number of hydrogen-bond acceptors (Lipinski definition) is 2. The molecule has 2 heterocycles. The van der Waals surface area contributed by atoms with Crippen LogP contribution in [0.2, 0.25) is 0 Å². The van der Waals surface area contributed by atoms with Crippen LogP contribution in [0.15, 0.2) is 50.3 Å². The molecule has 0 aliphatic heterocycles. The zero-order valence-corrected chi connectivity index (χ0v) is 9.69. The van der Waals surface area contributed by atoms with Gasteiger partial charge in [0.25, 0.3) is 0 Å². The Balaban J connectivity index is 2.49. The Bertz CT molecular complexity index is 694. The number of aromatic nitrogens is 2. The summed E-state index contributed by atoms with van der Waals surface area (Å²) in [7, 11) is 0. The first-order chi connectivity index (χ1) is 7.77. The van der Waals surface area contributed by atoms with E-state index in [4.69, 9.17) is 4.42 Å². The van der Waals surface area contributed by atoms with E-state index in [2.05, 4.69) is 20.9 Å². The van der Waals surface area contributed by atoms with Gasteiger partial charge in [0.15, 0.2) is 0 Å². The lowest BCUT2D eigenvalue weighted by Crippen LogP contribution is -2.13. The van der Waals surface area contributed by atoms with Crippen LogP contribution in [0.25, 0.3) is 16.9 Å². The van der Waals surface area contributed by atoms with E-state index in [0.717, 1.165) is 15.5 Å². The van der Waals surface area contributed by atoms with Crippen molar-refractivity contribution < 1.29 is 4.42 Å². The summed E-state index contributed by atoms with van der Waals surface area (Å²) >= 11 is 3.43. The Morgan fingerprint density at radius 3 is 2.88 bits per heavy atom. The molecule has 0 atom stereocenters. The first kappa shape index (κ1) is 9.47. The van der Waals surface area contributed by atoms with E-state index in [9.17, 15) is 4.79 Å². The summed E-state index contributed by atoms with van der Waals surface area (Å²) in [6, 6.07) is 9.09. The van der Waals surface area contributed by atoms with Gasteiger partial charge in [0.2, 0.25) is 5.88 Å². The van der Waals surface area contributed by atoms with Crippen molar-refractivity contribution in [2.45, 2.75) is 0 Å². The number of hydrogen-bond donors (Lipinski definition) is 1. The fourth-order valence-electron chi connectivity index (χ4n) is 1.72. The molecule has 0 unspecified atom stereocenters. The normalized spacial score (nSPS) is 11.1. The Labute approximate surface area is 98.6 Å². The van der Waals surface area contributed by atoms with Crippen molar-refractivity contribution in [3.8, 4) is 5.88 Å². The molecule has 0 fully saturated rings. The highest BCUT2D eigenvalue weighted by Gasteiger charge is 2.12.